The minimum Gasteiger partial charge on any atom is -0.317 e. The van der Waals surface area contributed by atoms with Gasteiger partial charge in [0, 0.05) is 18.3 Å². The van der Waals surface area contributed by atoms with Crippen LogP contribution in [0.3, 0.4) is 0 Å². The van der Waals surface area contributed by atoms with Crippen molar-refractivity contribution in [3.63, 3.8) is 0 Å². The van der Waals surface area contributed by atoms with Crippen LogP contribution in [0.1, 0.15) is 22.9 Å². The first-order valence-electron chi connectivity index (χ1n) is 4.75. The minimum atomic E-state index is -0.127. The average Bonchev–Trinajstić information content (AvgIpc) is 2.53. The highest BCUT2D eigenvalue weighted by atomic mass is 32.1. The molecule has 0 saturated carbocycles. The zero-order chi connectivity index (χ0) is 10.8. The molecule has 2 rings (SSSR count). The van der Waals surface area contributed by atoms with Crippen LogP contribution in [0.25, 0.3) is 0 Å². The van der Waals surface area contributed by atoms with Gasteiger partial charge in [0.2, 0.25) is 5.91 Å². The van der Waals surface area contributed by atoms with E-state index in [1.165, 1.54) is 23.1 Å². The summed E-state index contributed by atoms with van der Waals surface area (Å²) in [7, 11) is 0. The molecule has 1 aliphatic rings. The molecule has 15 heavy (non-hydrogen) atoms. The van der Waals surface area contributed by atoms with Gasteiger partial charge < -0.3 is 10.6 Å². The number of hydrogen-bond acceptors (Lipinski definition) is 4. The van der Waals surface area contributed by atoms with Crippen LogP contribution >= 0.6 is 11.3 Å². The molecule has 0 saturated heterocycles. The summed E-state index contributed by atoms with van der Waals surface area (Å²) in [5.74, 6) is -0.127. The van der Waals surface area contributed by atoms with Gasteiger partial charge in [-0.15, -0.1) is 11.3 Å². The van der Waals surface area contributed by atoms with E-state index in [0.29, 0.717) is 10.6 Å². The Morgan fingerprint density at radius 1 is 1.67 bits per heavy atom. The number of carbonyl (C=O) groups is 1. The Labute approximate surface area is 91.9 Å². The van der Waals surface area contributed by atoms with Gasteiger partial charge in [0.15, 0.2) is 0 Å². The van der Waals surface area contributed by atoms with Crippen molar-refractivity contribution in [3.05, 3.63) is 16.0 Å². The molecular formula is C10H11N3OS. The predicted octanol–water partition coefficient (Wildman–Crippen LogP) is 1.22. The number of anilines is 1. The van der Waals surface area contributed by atoms with E-state index in [1.807, 2.05) is 0 Å². The topological polar surface area (TPSA) is 64.9 Å². The molecule has 0 bridgehead atoms. The SMILES string of the molecule is CC(=O)Nc1sc2c(c1C#N)CCNC2. The average molecular weight is 221 g/mol. The van der Waals surface area contributed by atoms with Gasteiger partial charge in [0.1, 0.15) is 11.1 Å². The van der Waals surface area contributed by atoms with Gasteiger partial charge >= 0.3 is 0 Å². The zero-order valence-electron chi connectivity index (χ0n) is 8.39. The summed E-state index contributed by atoms with van der Waals surface area (Å²) in [6.45, 7) is 3.16. The number of nitriles is 1. The summed E-state index contributed by atoms with van der Waals surface area (Å²) in [4.78, 5) is 12.1. The van der Waals surface area contributed by atoms with Crippen LogP contribution < -0.4 is 10.6 Å². The smallest absolute Gasteiger partial charge is 0.221 e. The van der Waals surface area contributed by atoms with Gasteiger partial charge in [-0.3, -0.25) is 4.79 Å². The maximum atomic E-state index is 11.0. The third-order valence-corrected chi connectivity index (χ3v) is 3.48. The quantitative estimate of drug-likeness (QED) is 0.749. The highest BCUT2D eigenvalue weighted by Crippen LogP contribution is 2.34. The Balaban J connectivity index is 2.43. The van der Waals surface area contributed by atoms with Gasteiger partial charge in [-0.1, -0.05) is 0 Å². The molecule has 4 nitrogen and oxygen atoms in total. The van der Waals surface area contributed by atoms with Gasteiger partial charge in [-0.05, 0) is 18.5 Å². The second kappa shape index (κ2) is 4.01. The molecule has 2 heterocycles. The lowest BCUT2D eigenvalue weighted by molar-refractivity contribution is -0.114. The third kappa shape index (κ3) is 1.87. The fraction of sp³-hybridized carbons (Fsp3) is 0.400. The summed E-state index contributed by atoms with van der Waals surface area (Å²) >= 11 is 1.50. The number of fused-ring (bicyclic) bond motifs is 1. The first-order valence-corrected chi connectivity index (χ1v) is 5.57. The van der Waals surface area contributed by atoms with Gasteiger partial charge in [-0.25, -0.2) is 0 Å². The van der Waals surface area contributed by atoms with Crippen LogP contribution in [0, 0.1) is 11.3 Å². The molecule has 0 spiro atoms. The third-order valence-electron chi connectivity index (χ3n) is 2.33. The summed E-state index contributed by atoms with van der Waals surface area (Å²) in [5.41, 5.74) is 1.75. The van der Waals surface area contributed by atoms with Crippen molar-refractivity contribution in [2.24, 2.45) is 0 Å². The second-order valence-electron chi connectivity index (χ2n) is 3.43. The lowest BCUT2D eigenvalue weighted by Gasteiger charge is -2.11. The zero-order valence-corrected chi connectivity index (χ0v) is 9.20. The number of nitrogens with zero attached hydrogens (tertiary/aromatic N) is 1. The number of hydrogen-bond donors (Lipinski definition) is 2. The number of thiophene rings is 1. The molecule has 0 aromatic carbocycles. The number of carbonyl (C=O) groups excluding carboxylic acids is 1. The Hall–Kier alpha value is -1.38. The van der Waals surface area contributed by atoms with Crippen molar-refractivity contribution >= 4 is 22.2 Å². The van der Waals surface area contributed by atoms with Crippen molar-refractivity contribution in [2.75, 3.05) is 11.9 Å². The molecular weight excluding hydrogens is 210 g/mol. The summed E-state index contributed by atoms with van der Waals surface area (Å²) in [6, 6.07) is 2.18. The van der Waals surface area contributed by atoms with E-state index in [0.717, 1.165) is 25.1 Å². The van der Waals surface area contributed by atoms with E-state index < -0.39 is 0 Å². The maximum Gasteiger partial charge on any atom is 0.221 e. The number of nitrogens with one attached hydrogen (secondary N) is 2. The lowest BCUT2D eigenvalue weighted by atomic mass is 10.1. The Bertz CT molecular complexity index is 444. The van der Waals surface area contributed by atoms with E-state index >= 15 is 0 Å². The Kier molecular flexibility index (Phi) is 2.71. The highest BCUT2D eigenvalue weighted by Gasteiger charge is 2.20. The summed E-state index contributed by atoms with van der Waals surface area (Å²) < 4.78 is 0. The monoisotopic (exact) mass is 221 g/mol. The normalized spacial score (nSPS) is 14.1. The molecule has 0 atom stereocenters. The molecule has 0 radical (unpaired) electrons. The summed E-state index contributed by atoms with van der Waals surface area (Å²) in [5, 5.41) is 15.7. The van der Waals surface area contributed by atoms with E-state index in [-0.39, 0.29) is 5.91 Å². The number of amides is 1. The molecule has 2 N–H and O–H groups in total. The molecule has 1 aliphatic heterocycles. The van der Waals surface area contributed by atoms with Crippen LogP contribution in [0.2, 0.25) is 0 Å². The van der Waals surface area contributed by atoms with Crippen LogP contribution in [-0.2, 0) is 17.8 Å². The first-order chi connectivity index (χ1) is 7.22. The molecule has 0 unspecified atom stereocenters. The highest BCUT2D eigenvalue weighted by molar-refractivity contribution is 7.16. The van der Waals surface area contributed by atoms with E-state index in [2.05, 4.69) is 16.7 Å². The largest absolute Gasteiger partial charge is 0.317 e. The van der Waals surface area contributed by atoms with Gasteiger partial charge in [0.05, 0.1) is 5.56 Å². The fourth-order valence-electron chi connectivity index (χ4n) is 1.70. The molecule has 0 fully saturated rings. The molecule has 1 amide bonds. The molecule has 78 valence electrons. The summed E-state index contributed by atoms with van der Waals surface area (Å²) in [6.07, 6.45) is 0.869. The lowest BCUT2D eigenvalue weighted by Crippen LogP contribution is -2.22. The van der Waals surface area contributed by atoms with Crippen LogP contribution in [0.5, 0.6) is 0 Å². The molecule has 0 aliphatic carbocycles. The van der Waals surface area contributed by atoms with Crippen molar-refractivity contribution in [3.8, 4) is 6.07 Å². The van der Waals surface area contributed by atoms with E-state index in [9.17, 15) is 4.79 Å². The number of rotatable bonds is 1. The van der Waals surface area contributed by atoms with E-state index in [1.54, 1.807) is 0 Å². The van der Waals surface area contributed by atoms with Gasteiger partial charge in [0.25, 0.3) is 0 Å². The van der Waals surface area contributed by atoms with Crippen molar-refractivity contribution in [1.82, 2.24) is 5.32 Å². The van der Waals surface area contributed by atoms with Crippen molar-refractivity contribution in [2.45, 2.75) is 19.9 Å². The van der Waals surface area contributed by atoms with Crippen molar-refractivity contribution in [1.29, 1.82) is 5.26 Å². The van der Waals surface area contributed by atoms with E-state index in [4.69, 9.17) is 5.26 Å². The van der Waals surface area contributed by atoms with Crippen molar-refractivity contribution < 1.29 is 4.79 Å². The Morgan fingerprint density at radius 3 is 3.13 bits per heavy atom. The fourth-order valence-corrected chi connectivity index (χ4v) is 2.91. The van der Waals surface area contributed by atoms with Crippen LogP contribution in [-0.4, -0.2) is 12.5 Å². The standard InChI is InChI=1S/C10H11N3OS/c1-6(14)13-10-8(4-11)7-2-3-12-5-9(7)15-10/h12H,2-3,5H2,1H3,(H,13,14). The van der Waals surface area contributed by atoms with Gasteiger partial charge in [-0.2, -0.15) is 5.26 Å². The molecule has 1 aromatic heterocycles. The molecule has 5 heteroatoms. The Morgan fingerprint density at radius 2 is 2.47 bits per heavy atom. The minimum absolute atomic E-state index is 0.127. The maximum absolute atomic E-state index is 11.0. The second-order valence-corrected chi connectivity index (χ2v) is 4.53. The molecule has 1 aromatic rings. The van der Waals surface area contributed by atoms with Crippen LogP contribution in [0.15, 0.2) is 0 Å². The van der Waals surface area contributed by atoms with Crippen LogP contribution in [0.4, 0.5) is 5.00 Å². The predicted molar refractivity (Wildman–Crippen MR) is 58.7 cm³/mol. The first kappa shape index (κ1) is 10.1.